The minimum absolute atomic E-state index is 0. The second-order valence-electron chi connectivity index (χ2n) is 8.76. The summed E-state index contributed by atoms with van der Waals surface area (Å²) in [6.45, 7) is 4.63. The molecule has 0 unspecified atom stereocenters. The van der Waals surface area contributed by atoms with Crippen LogP contribution >= 0.6 is 23.7 Å². The van der Waals surface area contributed by atoms with E-state index >= 15 is 0 Å². The SMILES string of the molecule is COc1ccc2sc(N(CCCN3CCOCC3)C(=O)c3ccc(N4C(=O)CCC4=O)cc3)nc2c1.Cl. The van der Waals surface area contributed by atoms with Crippen molar-refractivity contribution in [2.75, 3.05) is 56.3 Å². The zero-order chi connectivity index (χ0) is 25.1. The van der Waals surface area contributed by atoms with Crippen LogP contribution in [0.5, 0.6) is 5.75 Å². The summed E-state index contributed by atoms with van der Waals surface area (Å²) in [4.78, 5) is 47.8. The third-order valence-corrected chi connectivity index (χ3v) is 7.50. The van der Waals surface area contributed by atoms with E-state index in [1.54, 1.807) is 36.3 Å². The lowest BCUT2D eigenvalue weighted by Crippen LogP contribution is -2.39. The number of ether oxygens (including phenoxy) is 2. The predicted octanol–water partition coefficient (Wildman–Crippen LogP) is 3.75. The number of methoxy groups -OCH3 is 1. The Morgan fingerprint density at radius 3 is 2.46 bits per heavy atom. The third kappa shape index (κ3) is 5.93. The van der Waals surface area contributed by atoms with E-state index in [9.17, 15) is 14.4 Å². The summed E-state index contributed by atoms with van der Waals surface area (Å²) in [5, 5.41) is 0.624. The van der Waals surface area contributed by atoms with Crippen molar-refractivity contribution in [2.24, 2.45) is 0 Å². The Hall–Kier alpha value is -3.05. The van der Waals surface area contributed by atoms with Gasteiger partial charge in [0.05, 0.1) is 36.2 Å². The number of hydrogen-bond donors (Lipinski definition) is 0. The molecule has 0 atom stereocenters. The molecular weight excluding hydrogens is 516 g/mol. The minimum Gasteiger partial charge on any atom is -0.497 e. The molecule has 0 spiro atoms. The van der Waals surface area contributed by atoms with Gasteiger partial charge in [0.25, 0.3) is 5.91 Å². The highest BCUT2D eigenvalue weighted by atomic mass is 35.5. The van der Waals surface area contributed by atoms with Crippen LogP contribution in [-0.4, -0.2) is 74.1 Å². The number of morpholine rings is 1. The summed E-state index contributed by atoms with van der Waals surface area (Å²) in [6.07, 6.45) is 1.23. The van der Waals surface area contributed by atoms with E-state index in [0.717, 1.165) is 49.5 Å². The van der Waals surface area contributed by atoms with Crippen LogP contribution in [0.15, 0.2) is 42.5 Å². The van der Waals surface area contributed by atoms with Gasteiger partial charge in [0, 0.05) is 50.7 Å². The van der Waals surface area contributed by atoms with Gasteiger partial charge in [-0.05, 0) is 42.8 Å². The molecule has 9 nitrogen and oxygen atoms in total. The average molecular weight is 545 g/mol. The van der Waals surface area contributed by atoms with Gasteiger partial charge in [-0.2, -0.15) is 0 Å². The van der Waals surface area contributed by atoms with Gasteiger partial charge >= 0.3 is 0 Å². The van der Waals surface area contributed by atoms with Gasteiger partial charge in [0.2, 0.25) is 11.8 Å². The molecule has 11 heteroatoms. The van der Waals surface area contributed by atoms with E-state index in [1.807, 2.05) is 18.2 Å². The van der Waals surface area contributed by atoms with E-state index in [-0.39, 0.29) is 43.0 Å². The van der Waals surface area contributed by atoms with Gasteiger partial charge in [0.15, 0.2) is 5.13 Å². The standard InChI is InChI=1S/C26H28N4O5S.ClH/c1-34-20-7-8-22-21(17-20)27-26(36-22)29(12-2-11-28-13-15-35-16-14-28)25(33)18-3-5-19(6-4-18)30-23(31)9-10-24(30)32;/h3-8,17H,2,9-16H2,1H3;1H. The fraction of sp³-hybridized carbons (Fsp3) is 0.385. The first kappa shape index (κ1) is 27.0. The van der Waals surface area contributed by atoms with Crippen LogP contribution in [0.4, 0.5) is 10.8 Å². The van der Waals surface area contributed by atoms with Crippen molar-refractivity contribution < 1.29 is 23.9 Å². The molecule has 3 aromatic rings. The number of aromatic nitrogens is 1. The molecule has 0 radical (unpaired) electrons. The predicted molar refractivity (Wildman–Crippen MR) is 145 cm³/mol. The van der Waals surface area contributed by atoms with Crippen LogP contribution in [0.3, 0.4) is 0 Å². The van der Waals surface area contributed by atoms with E-state index < -0.39 is 0 Å². The molecule has 2 aliphatic rings. The Morgan fingerprint density at radius 2 is 1.78 bits per heavy atom. The van der Waals surface area contributed by atoms with Crippen LogP contribution in [-0.2, 0) is 14.3 Å². The van der Waals surface area contributed by atoms with E-state index in [1.165, 1.54) is 16.2 Å². The Labute approximate surface area is 225 Å². The largest absolute Gasteiger partial charge is 0.497 e. The van der Waals surface area contributed by atoms with E-state index in [4.69, 9.17) is 14.5 Å². The number of hydrogen-bond acceptors (Lipinski definition) is 8. The van der Waals surface area contributed by atoms with Crippen LogP contribution in [0.2, 0.25) is 0 Å². The Balaban J connectivity index is 0.00000320. The fourth-order valence-corrected chi connectivity index (χ4v) is 5.44. The van der Waals surface area contributed by atoms with Crippen molar-refractivity contribution >= 4 is 62.5 Å². The van der Waals surface area contributed by atoms with E-state index in [2.05, 4.69) is 4.90 Å². The molecule has 0 aliphatic carbocycles. The molecule has 5 rings (SSSR count). The van der Waals surface area contributed by atoms with Gasteiger partial charge in [-0.25, -0.2) is 4.98 Å². The zero-order valence-corrected chi connectivity index (χ0v) is 22.2. The topological polar surface area (TPSA) is 92.3 Å². The maximum atomic E-state index is 13.7. The average Bonchev–Trinajstić information content (AvgIpc) is 3.48. The lowest BCUT2D eigenvalue weighted by atomic mass is 10.1. The van der Waals surface area contributed by atoms with Crippen LogP contribution in [0, 0.1) is 0 Å². The molecule has 0 saturated carbocycles. The number of carbonyl (C=O) groups is 3. The van der Waals surface area contributed by atoms with Gasteiger partial charge in [-0.1, -0.05) is 11.3 Å². The Bertz CT molecular complexity index is 1260. The highest BCUT2D eigenvalue weighted by Crippen LogP contribution is 2.32. The van der Waals surface area contributed by atoms with Crippen molar-refractivity contribution in [3.63, 3.8) is 0 Å². The highest BCUT2D eigenvalue weighted by Gasteiger charge is 2.30. The minimum atomic E-state index is -0.214. The molecule has 196 valence electrons. The number of imide groups is 1. The summed E-state index contributed by atoms with van der Waals surface area (Å²) in [7, 11) is 1.61. The summed E-state index contributed by atoms with van der Waals surface area (Å²) in [5.41, 5.74) is 1.74. The smallest absolute Gasteiger partial charge is 0.260 e. The van der Waals surface area contributed by atoms with Crippen LogP contribution < -0.4 is 14.5 Å². The van der Waals surface area contributed by atoms with Crippen LogP contribution in [0.1, 0.15) is 29.6 Å². The molecule has 37 heavy (non-hydrogen) atoms. The lowest BCUT2D eigenvalue weighted by molar-refractivity contribution is -0.121. The van der Waals surface area contributed by atoms with Gasteiger partial charge in [0.1, 0.15) is 5.75 Å². The molecule has 3 heterocycles. The highest BCUT2D eigenvalue weighted by molar-refractivity contribution is 7.22. The van der Waals surface area contributed by atoms with Crippen molar-refractivity contribution in [3.8, 4) is 5.75 Å². The summed E-state index contributed by atoms with van der Waals surface area (Å²) < 4.78 is 11.7. The number of nitrogens with zero attached hydrogens (tertiary/aromatic N) is 4. The Morgan fingerprint density at radius 1 is 1.08 bits per heavy atom. The molecule has 2 fully saturated rings. The first-order valence-electron chi connectivity index (χ1n) is 12.1. The first-order valence-corrected chi connectivity index (χ1v) is 12.9. The molecular formula is C26H29ClN4O5S. The van der Waals surface area contributed by atoms with Crippen LogP contribution in [0.25, 0.3) is 10.2 Å². The molecule has 2 aromatic carbocycles. The zero-order valence-electron chi connectivity index (χ0n) is 20.6. The maximum Gasteiger partial charge on any atom is 0.260 e. The second kappa shape index (κ2) is 12.0. The van der Waals surface area contributed by atoms with Crippen molar-refractivity contribution in [3.05, 3.63) is 48.0 Å². The second-order valence-corrected chi connectivity index (χ2v) is 9.77. The number of rotatable bonds is 8. The maximum absolute atomic E-state index is 13.7. The van der Waals surface area contributed by atoms with Gasteiger partial charge in [-0.15, -0.1) is 12.4 Å². The molecule has 2 saturated heterocycles. The summed E-state index contributed by atoms with van der Waals surface area (Å²) in [5.74, 6) is 0.113. The molecule has 0 N–H and O–H groups in total. The number of carbonyl (C=O) groups excluding carboxylic acids is 3. The number of amides is 3. The third-order valence-electron chi connectivity index (χ3n) is 6.44. The number of benzene rings is 2. The summed E-state index contributed by atoms with van der Waals surface area (Å²) >= 11 is 1.47. The lowest BCUT2D eigenvalue weighted by Gasteiger charge is -2.27. The normalized spacial score (nSPS) is 16.2. The van der Waals surface area contributed by atoms with Gasteiger partial charge in [-0.3, -0.25) is 29.1 Å². The molecule has 0 bridgehead atoms. The quantitative estimate of drug-likeness (QED) is 0.399. The first-order chi connectivity index (χ1) is 17.5. The summed E-state index contributed by atoms with van der Waals surface area (Å²) in [6, 6.07) is 12.3. The fourth-order valence-electron chi connectivity index (χ4n) is 4.47. The number of fused-ring (bicyclic) bond motifs is 1. The number of halogens is 1. The van der Waals surface area contributed by atoms with Gasteiger partial charge < -0.3 is 9.47 Å². The molecule has 3 amide bonds. The molecule has 1 aromatic heterocycles. The molecule has 2 aliphatic heterocycles. The van der Waals surface area contributed by atoms with Crippen molar-refractivity contribution in [1.29, 1.82) is 0 Å². The number of thiazole rings is 1. The number of anilines is 2. The Kier molecular flexibility index (Phi) is 8.75. The van der Waals surface area contributed by atoms with E-state index in [0.29, 0.717) is 28.7 Å². The monoisotopic (exact) mass is 544 g/mol. The van der Waals surface area contributed by atoms with Crippen molar-refractivity contribution in [2.45, 2.75) is 19.3 Å². The van der Waals surface area contributed by atoms with Crippen molar-refractivity contribution in [1.82, 2.24) is 9.88 Å².